The number of nitrogens with zero attached hydrogens (tertiary/aromatic N) is 2. The van der Waals surface area contributed by atoms with Gasteiger partial charge in [0.1, 0.15) is 0 Å². The van der Waals surface area contributed by atoms with Gasteiger partial charge in [-0.2, -0.15) is 0 Å². The Morgan fingerprint density at radius 1 is 1.24 bits per heavy atom. The molecule has 0 saturated heterocycles. The van der Waals surface area contributed by atoms with Crippen molar-refractivity contribution in [2.24, 2.45) is 5.92 Å². The third-order valence-electron chi connectivity index (χ3n) is 5.13. The van der Waals surface area contributed by atoms with E-state index in [9.17, 15) is 14.7 Å². The summed E-state index contributed by atoms with van der Waals surface area (Å²) >= 11 is 0. The van der Waals surface area contributed by atoms with Crippen molar-refractivity contribution < 1.29 is 14.7 Å². The molecule has 1 aromatic heterocycles. The molecule has 2 heterocycles. The molecule has 1 aromatic rings. The van der Waals surface area contributed by atoms with Crippen LogP contribution in [0.3, 0.4) is 0 Å². The maximum atomic E-state index is 12.8. The lowest BCUT2D eigenvalue weighted by Crippen LogP contribution is -2.41. The molecule has 134 valence electrons. The second-order valence-electron chi connectivity index (χ2n) is 7.47. The first-order valence-corrected chi connectivity index (χ1v) is 9.19. The summed E-state index contributed by atoms with van der Waals surface area (Å²) in [6.07, 6.45) is 8.83. The van der Waals surface area contributed by atoms with Crippen LogP contribution >= 0.6 is 0 Å². The summed E-state index contributed by atoms with van der Waals surface area (Å²) in [5.41, 5.74) is 1.10. The normalized spacial score (nSPS) is 22.1. The highest BCUT2D eigenvalue weighted by Crippen LogP contribution is 2.42. The van der Waals surface area contributed by atoms with E-state index in [0.717, 1.165) is 31.2 Å². The van der Waals surface area contributed by atoms with Crippen molar-refractivity contribution in [1.82, 2.24) is 9.88 Å². The molecule has 25 heavy (non-hydrogen) atoms. The van der Waals surface area contributed by atoms with E-state index in [4.69, 9.17) is 0 Å². The topological polar surface area (TPSA) is 70.5 Å². The molecule has 1 aliphatic heterocycles. The highest BCUT2D eigenvalue weighted by molar-refractivity contribution is 6.09. The Hall–Kier alpha value is -2.17. The summed E-state index contributed by atoms with van der Waals surface area (Å²) in [7, 11) is 0. The molecule has 5 heteroatoms. The van der Waals surface area contributed by atoms with Gasteiger partial charge in [0.25, 0.3) is 5.91 Å². The number of hydrogen-bond acceptors (Lipinski definition) is 4. The number of aliphatic hydroxyl groups is 1. The van der Waals surface area contributed by atoms with Crippen molar-refractivity contribution in [1.29, 1.82) is 0 Å². The smallest absolute Gasteiger partial charge is 0.290 e. The molecule has 1 unspecified atom stereocenters. The van der Waals surface area contributed by atoms with Crippen molar-refractivity contribution in [2.45, 2.75) is 64.5 Å². The number of amides is 1. The third-order valence-corrected chi connectivity index (χ3v) is 5.13. The molecule has 0 bridgehead atoms. The van der Waals surface area contributed by atoms with Gasteiger partial charge in [-0.15, -0.1) is 0 Å². The van der Waals surface area contributed by atoms with Crippen molar-refractivity contribution in [2.75, 3.05) is 0 Å². The minimum Gasteiger partial charge on any atom is -0.503 e. The van der Waals surface area contributed by atoms with Crippen LogP contribution < -0.4 is 0 Å². The molecule has 1 aliphatic carbocycles. The Morgan fingerprint density at radius 3 is 2.48 bits per heavy atom. The summed E-state index contributed by atoms with van der Waals surface area (Å²) in [5.74, 6) is -0.732. The molecule has 0 radical (unpaired) electrons. The summed E-state index contributed by atoms with van der Waals surface area (Å²) in [5, 5.41) is 10.5. The van der Waals surface area contributed by atoms with Gasteiger partial charge in [-0.1, -0.05) is 33.1 Å². The van der Waals surface area contributed by atoms with Crippen LogP contribution in [-0.2, 0) is 9.59 Å². The molecule has 1 fully saturated rings. The van der Waals surface area contributed by atoms with Gasteiger partial charge in [-0.25, -0.2) is 0 Å². The fraction of sp³-hybridized carbons (Fsp3) is 0.550. The van der Waals surface area contributed by atoms with Gasteiger partial charge in [0.15, 0.2) is 11.5 Å². The van der Waals surface area contributed by atoms with E-state index in [-0.39, 0.29) is 29.1 Å². The predicted octanol–water partition coefficient (Wildman–Crippen LogP) is 3.72. The summed E-state index contributed by atoms with van der Waals surface area (Å²) in [6.45, 7) is 3.93. The number of carbonyl (C=O) groups is 2. The lowest BCUT2D eigenvalue weighted by molar-refractivity contribution is -0.132. The van der Waals surface area contributed by atoms with Crippen LogP contribution in [0.2, 0.25) is 0 Å². The summed E-state index contributed by atoms with van der Waals surface area (Å²) < 4.78 is 0. The van der Waals surface area contributed by atoms with E-state index in [2.05, 4.69) is 4.98 Å². The van der Waals surface area contributed by atoms with Crippen molar-refractivity contribution in [3.63, 3.8) is 0 Å². The Morgan fingerprint density at radius 2 is 1.88 bits per heavy atom. The highest BCUT2D eigenvalue weighted by Gasteiger charge is 2.46. The van der Waals surface area contributed by atoms with Crippen molar-refractivity contribution >= 4 is 11.7 Å². The third kappa shape index (κ3) is 3.46. The van der Waals surface area contributed by atoms with Crippen molar-refractivity contribution in [3.8, 4) is 0 Å². The molecule has 2 aliphatic rings. The minimum atomic E-state index is -0.496. The molecule has 5 nitrogen and oxygen atoms in total. The average molecular weight is 342 g/mol. The second kappa shape index (κ2) is 7.38. The van der Waals surface area contributed by atoms with E-state index >= 15 is 0 Å². The van der Waals surface area contributed by atoms with E-state index in [1.807, 2.05) is 26.0 Å². The van der Waals surface area contributed by atoms with Gasteiger partial charge in [-0.05, 0) is 36.5 Å². The standard InChI is InChI=1S/C20H26N2O3/c1-13(2)12-16(23)17-18(14-8-10-21-11-9-14)22(20(25)19(17)24)15-6-4-3-5-7-15/h8-11,13,15,18,24H,3-7,12H2,1-2H3. The number of rotatable bonds is 5. The lowest BCUT2D eigenvalue weighted by atomic mass is 9.89. The van der Waals surface area contributed by atoms with E-state index in [1.54, 1.807) is 17.3 Å². The number of aliphatic hydroxyl groups excluding tert-OH is 1. The van der Waals surface area contributed by atoms with Crippen LogP contribution in [0.5, 0.6) is 0 Å². The Kier molecular flexibility index (Phi) is 5.21. The summed E-state index contributed by atoms with van der Waals surface area (Å²) in [6, 6.07) is 3.24. The maximum absolute atomic E-state index is 12.8. The van der Waals surface area contributed by atoms with Gasteiger partial charge >= 0.3 is 0 Å². The van der Waals surface area contributed by atoms with Crippen LogP contribution in [0.4, 0.5) is 0 Å². The highest BCUT2D eigenvalue weighted by atomic mass is 16.3. The molecular weight excluding hydrogens is 316 g/mol. The predicted molar refractivity (Wildman–Crippen MR) is 94.8 cm³/mol. The first kappa shape index (κ1) is 17.6. The van der Waals surface area contributed by atoms with Crippen LogP contribution in [0, 0.1) is 5.92 Å². The van der Waals surface area contributed by atoms with Gasteiger partial charge in [0.2, 0.25) is 0 Å². The Bertz CT molecular complexity index is 675. The summed E-state index contributed by atoms with van der Waals surface area (Å²) in [4.78, 5) is 31.4. The Balaban J connectivity index is 2.02. The fourth-order valence-corrected chi connectivity index (χ4v) is 4.00. The lowest BCUT2D eigenvalue weighted by Gasteiger charge is -2.36. The first-order valence-electron chi connectivity index (χ1n) is 9.19. The number of carbonyl (C=O) groups excluding carboxylic acids is 2. The molecular formula is C20H26N2O3. The van der Waals surface area contributed by atoms with Crippen LogP contribution in [0.1, 0.15) is 64.0 Å². The fourth-order valence-electron chi connectivity index (χ4n) is 4.00. The van der Waals surface area contributed by atoms with Crippen LogP contribution in [-0.4, -0.2) is 32.7 Å². The van der Waals surface area contributed by atoms with E-state index in [0.29, 0.717) is 6.42 Å². The van der Waals surface area contributed by atoms with Gasteiger partial charge in [0, 0.05) is 24.9 Å². The number of ketones is 1. The largest absolute Gasteiger partial charge is 0.503 e. The number of pyridine rings is 1. The maximum Gasteiger partial charge on any atom is 0.290 e. The van der Waals surface area contributed by atoms with Gasteiger partial charge in [0.05, 0.1) is 11.6 Å². The molecule has 0 aromatic carbocycles. The first-order chi connectivity index (χ1) is 12.0. The second-order valence-corrected chi connectivity index (χ2v) is 7.47. The molecule has 3 rings (SSSR count). The SMILES string of the molecule is CC(C)CC(=O)C1=C(O)C(=O)N(C2CCCCC2)C1c1ccncc1. The molecule has 1 saturated carbocycles. The molecule has 1 atom stereocenters. The molecule has 1 amide bonds. The monoisotopic (exact) mass is 342 g/mol. The van der Waals surface area contributed by atoms with Crippen molar-refractivity contribution in [3.05, 3.63) is 41.4 Å². The zero-order chi connectivity index (χ0) is 18.0. The van der Waals surface area contributed by atoms with Gasteiger partial charge in [-0.3, -0.25) is 14.6 Å². The number of aromatic nitrogens is 1. The zero-order valence-corrected chi connectivity index (χ0v) is 14.9. The number of Topliss-reactive ketones (excluding diaryl/α,β-unsaturated/α-hetero) is 1. The van der Waals surface area contributed by atoms with Crippen LogP contribution in [0.15, 0.2) is 35.9 Å². The molecule has 1 N–H and O–H groups in total. The Labute approximate surface area is 148 Å². The van der Waals surface area contributed by atoms with E-state index < -0.39 is 11.9 Å². The van der Waals surface area contributed by atoms with Gasteiger partial charge < -0.3 is 10.0 Å². The molecule has 0 spiro atoms. The minimum absolute atomic E-state index is 0.0749. The zero-order valence-electron chi connectivity index (χ0n) is 14.9. The van der Waals surface area contributed by atoms with E-state index in [1.165, 1.54) is 6.42 Å². The average Bonchev–Trinajstić information content (AvgIpc) is 2.87. The van der Waals surface area contributed by atoms with Crippen LogP contribution in [0.25, 0.3) is 0 Å². The number of hydrogen-bond donors (Lipinski definition) is 1. The quantitative estimate of drug-likeness (QED) is 0.885.